The minimum absolute atomic E-state index is 0.00507. The van der Waals surface area contributed by atoms with E-state index in [-0.39, 0.29) is 71.2 Å². The van der Waals surface area contributed by atoms with E-state index in [9.17, 15) is 52.6 Å². The van der Waals surface area contributed by atoms with Gasteiger partial charge in [-0.15, -0.1) is 0 Å². The molecule has 27 nitrogen and oxygen atoms in total. The number of halogens is 3. The first-order valence-electron chi connectivity index (χ1n) is 35.7. The summed E-state index contributed by atoms with van der Waals surface area (Å²) in [6.45, 7) is 4.53. The van der Waals surface area contributed by atoms with Crippen LogP contribution in [0.5, 0.6) is 11.5 Å². The highest BCUT2D eigenvalue weighted by Crippen LogP contribution is 2.36. The summed E-state index contributed by atoms with van der Waals surface area (Å²) in [7, 11) is 1.46. The highest BCUT2D eigenvalue weighted by molar-refractivity contribution is 6.01. The molecule has 4 aromatic carbocycles. The lowest BCUT2D eigenvalue weighted by Gasteiger charge is -2.37. The zero-order valence-corrected chi connectivity index (χ0v) is 59.9. The van der Waals surface area contributed by atoms with Gasteiger partial charge in [0.15, 0.2) is 11.6 Å². The number of rotatable bonds is 14. The van der Waals surface area contributed by atoms with Crippen LogP contribution in [0.1, 0.15) is 120 Å². The van der Waals surface area contributed by atoms with E-state index in [1.165, 1.54) is 62.4 Å². The van der Waals surface area contributed by atoms with Crippen molar-refractivity contribution in [3.63, 3.8) is 0 Å². The van der Waals surface area contributed by atoms with Gasteiger partial charge in [0.05, 0.1) is 44.3 Å². The average molecular weight is 1470 g/mol. The maximum absolute atomic E-state index is 16.2. The Bertz CT molecular complexity index is 4140. The van der Waals surface area contributed by atoms with Crippen molar-refractivity contribution < 1.29 is 85.3 Å². The quantitative estimate of drug-likeness (QED) is 0.0712. The second-order valence-corrected chi connectivity index (χ2v) is 27.9. The van der Waals surface area contributed by atoms with Gasteiger partial charge in [-0.25, -0.2) is 13.2 Å². The number of nitrogens with two attached hydrogens (primary N) is 2. The molecule has 5 aromatic rings. The van der Waals surface area contributed by atoms with Gasteiger partial charge in [0, 0.05) is 74.5 Å². The molecule has 0 spiro atoms. The number of aliphatic hydroxyl groups excluding tert-OH is 1. The highest BCUT2D eigenvalue weighted by Gasteiger charge is 2.49. The van der Waals surface area contributed by atoms with Crippen molar-refractivity contribution in [2.45, 2.75) is 178 Å². The van der Waals surface area contributed by atoms with Gasteiger partial charge in [-0.2, -0.15) is 0 Å². The van der Waals surface area contributed by atoms with Crippen LogP contribution >= 0.6 is 0 Å². The van der Waals surface area contributed by atoms with Crippen LogP contribution < -0.4 is 58.2 Å². The number of nitrogens with one attached hydrogen (secondary N) is 8. The van der Waals surface area contributed by atoms with Crippen molar-refractivity contribution in [3.05, 3.63) is 137 Å². The molecule has 2 fully saturated rings. The van der Waals surface area contributed by atoms with Crippen molar-refractivity contribution in [3.8, 4) is 11.5 Å². The van der Waals surface area contributed by atoms with Crippen molar-refractivity contribution in [2.75, 3.05) is 39.9 Å². The maximum Gasteiger partial charge on any atom is 0.246 e. The third-order valence-corrected chi connectivity index (χ3v) is 20.1. The summed E-state index contributed by atoms with van der Waals surface area (Å²) in [4.78, 5) is 178. The molecule has 0 radical (unpaired) electrons. The second kappa shape index (κ2) is 36.0. The van der Waals surface area contributed by atoms with Gasteiger partial charge >= 0.3 is 0 Å². The largest absolute Gasteiger partial charge is 0.497 e. The van der Waals surface area contributed by atoms with Crippen LogP contribution in [0.3, 0.4) is 0 Å². The molecule has 568 valence electrons. The normalized spacial score (nSPS) is 25.7. The minimum Gasteiger partial charge on any atom is -0.497 e. The number of unbranched alkanes of at least 4 members (excludes halogenated alkanes) is 1. The summed E-state index contributed by atoms with van der Waals surface area (Å²) in [6, 6.07) is 9.80. The summed E-state index contributed by atoms with van der Waals surface area (Å²) in [5.74, 6) is -13.2. The third-order valence-electron chi connectivity index (χ3n) is 20.1. The molecule has 30 heteroatoms. The van der Waals surface area contributed by atoms with E-state index in [1.807, 2.05) is 0 Å². The number of alkyl halides is 1. The predicted octanol–water partition coefficient (Wildman–Crippen LogP) is 2.83. The number of carbonyl (C=O) groups excluding carboxylic acids is 12. The lowest BCUT2D eigenvalue weighted by Crippen LogP contribution is -2.62. The van der Waals surface area contributed by atoms with Crippen LogP contribution in [0, 0.1) is 23.5 Å². The van der Waals surface area contributed by atoms with E-state index in [2.05, 4.69) is 42.2 Å². The molecular weight excluding hydrogens is 1380 g/mol. The Morgan fingerprint density at radius 2 is 1.48 bits per heavy atom. The van der Waals surface area contributed by atoms with Crippen LogP contribution in [-0.4, -0.2) is 191 Å². The average Bonchev–Trinajstić information content (AvgIpc) is 1.60. The number of hydrogen-bond acceptors (Lipinski definition) is 16. The minimum atomic E-state index is -1.90. The van der Waals surface area contributed by atoms with Crippen LogP contribution in [0.2, 0.25) is 0 Å². The zero-order valence-electron chi connectivity index (χ0n) is 59.9. The molecule has 1 aromatic heterocycles. The number of allylic oxidation sites excluding steroid dienone is 1. The Morgan fingerprint density at radius 3 is 2.18 bits per heavy atom. The number of primary amides is 1. The number of aromatic amines is 1. The number of hydrogen-bond donors (Lipinski definition) is 11. The smallest absolute Gasteiger partial charge is 0.246 e. The van der Waals surface area contributed by atoms with Gasteiger partial charge in [0.25, 0.3) is 0 Å². The van der Waals surface area contributed by atoms with Crippen molar-refractivity contribution in [2.24, 2.45) is 23.3 Å². The van der Waals surface area contributed by atoms with E-state index in [1.54, 1.807) is 67.6 Å². The van der Waals surface area contributed by atoms with Gasteiger partial charge in [-0.1, -0.05) is 36.4 Å². The lowest BCUT2D eigenvalue weighted by molar-refractivity contribution is -0.147. The fourth-order valence-electron chi connectivity index (χ4n) is 14.1. The molecule has 13 N–H and O–H groups in total. The topological polar surface area (TPSA) is 402 Å². The Kier molecular flexibility index (Phi) is 27.0. The molecule has 10 amide bonds. The van der Waals surface area contributed by atoms with Crippen molar-refractivity contribution in [1.29, 1.82) is 0 Å². The van der Waals surface area contributed by atoms with E-state index >= 15 is 23.2 Å². The zero-order chi connectivity index (χ0) is 76.7. The molecule has 2 bridgehead atoms. The first-order valence-corrected chi connectivity index (χ1v) is 35.7. The van der Waals surface area contributed by atoms with Gasteiger partial charge in [0.1, 0.15) is 72.2 Å². The van der Waals surface area contributed by atoms with Crippen LogP contribution in [0.25, 0.3) is 16.5 Å². The number of nitrogens with zero attached hydrogens (tertiary/aromatic N) is 2. The Morgan fingerprint density at radius 1 is 0.783 bits per heavy atom. The Balaban J connectivity index is 1.06. The number of methoxy groups -OCH3 is 1. The third kappa shape index (κ3) is 20.3. The van der Waals surface area contributed by atoms with Gasteiger partial charge in [-0.3, -0.25) is 57.5 Å². The molecule has 0 unspecified atom stereocenters. The lowest BCUT2D eigenvalue weighted by atomic mass is 9.84. The molecule has 5 heterocycles. The van der Waals surface area contributed by atoms with Crippen molar-refractivity contribution >= 4 is 87.1 Å². The number of ketones is 2. The van der Waals surface area contributed by atoms with Gasteiger partial charge < -0.3 is 78.0 Å². The summed E-state index contributed by atoms with van der Waals surface area (Å²) in [6.07, 6.45) is -2.22. The highest BCUT2D eigenvalue weighted by atomic mass is 19.1. The standard InChI is InChI=1S/C76H93F3N12O15/c1-41-64(94)33-49(31-50-39-83-58-23-18-52(78)36-57(50)58)69(98)87-62(32-47-15-14-46-16-17-51(77)35-56(46)47)74(103)90-40-53(79)37-63(90)72(101)89-67(42(2)92)73(102)88-61(30-45-10-19-54(105-5)20-11-45)75(104)91-27-8-24-76(91,4)65(95)34-48(68(81)97)29-44-12-21-55(22-13-44)106-28-26-82-66(96)38-60(85-43(3)93)71(100)86-59(70(99)84-41)9-6-7-25-80/h10-13,15-23,35-36,39,41-42,48-49,53,59-63,67,83,92H,6-9,14,24-34,37-38,40,80H2,1-5H3,(H2,81,97)(H,82,96)(H,84,99)(H,85,93)(H,86,100)(H,87,98)(H,88,102)(H,89,101)/t41-,42-,48-,49-,53+,59+,60+,61+,62+,63+,67+,76+/m1/s1. The Hall–Kier alpha value is -10.5. The number of H-pyrrole nitrogens is 1. The molecule has 106 heavy (non-hydrogen) atoms. The summed E-state index contributed by atoms with van der Waals surface area (Å²) < 4.78 is 57.5. The molecule has 2 saturated heterocycles. The van der Waals surface area contributed by atoms with Gasteiger partial charge in [-0.05, 0) is 167 Å². The van der Waals surface area contributed by atoms with Crippen LogP contribution in [-0.2, 0) is 83.2 Å². The monoisotopic (exact) mass is 1470 g/mol. The summed E-state index contributed by atoms with van der Waals surface area (Å²) in [5, 5.41) is 30.0. The predicted molar refractivity (Wildman–Crippen MR) is 382 cm³/mol. The van der Waals surface area contributed by atoms with E-state index in [0.29, 0.717) is 68.6 Å². The van der Waals surface area contributed by atoms with Crippen molar-refractivity contribution in [1.82, 2.24) is 52.0 Å². The molecule has 12 atom stereocenters. The van der Waals surface area contributed by atoms with E-state index < -0.39 is 193 Å². The first-order chi connectivity index (χ1) is 50.5. The molecule has 1 aliphatic carbocycles. The second-order valence-electron chi connectivity index (χ2n) is 27.9. The van der Waals surface area contributed by atoms with E-state index in [0.717, 1.165) is 11.8 Å². The Labute approximate surface area is 611 Å². The fourth-order valence-corrected chi connectivity index (χ4v) is 14.1. The number of benzene rings is 4. The number of Topliss-reactive ketones (excluding diaryl/α,β-unsaturated/α-hetero) is 2. The summed E-state index contributed by atoms with van der Waals surface area (Å²) in [5.41, 5.74) is 13.5. The number of amides is 10. The fraction of sp³-hybridized carbons (Fsp3) is 0.474. The molecule has 5 aliphatic rings. The number of carbonyl (C=O) groups is 12. The number of fused-ring (bicyclic) bond motifs is 32. The SMILES string of the molecule is COc1ccc(C[C@@H]2NC(=O)[C@H]([C@@H](C)O)NC(=O)[C@@H]3C[C@H](F)CN3C(=O)[C@H](CC3=CCc4ccc(F)cc43)NC(=O)[C@H](Cc3c[nH]c4ccc(F)cc34)CC(=O)[C@@H](C)NC(=O)[C@H](CCCCN)NC(=O)[C@@H](NC(C)=O)CC(=O)NCCOc3ccc(cc3)C[C@@H](C(N)=O)CC(=O)[C@]3(C)CCCN3C2=O)cc1. The number of ether oxygens (including phenoxy) is 2. The van der Waals surface area contributed by atoms with E-state index in [4.69, 9.17) is 20.9 Å². The number of aromatic nitrogens is 1. The maximum atomic E-state index is 16.2. The molecular formula is C76H93F3N12O15. The molecule has 0 saturated carbocycles. The first kappa shape index (κ1) is 79.6. The van der Waals surface area contributed by atoms with Crippen LogP contribution in [0.15, 0.2) is 97.2 Å². The summed E-state index contributed by atoms with van der Waals surface area (Å²) >= 11 is 0. The van der Waals surface area contributed by atoms with Gasteiger partial charge in [0.2, 0.25) is 59.1 Å². The van der Waals surface area contributed by atoms with Crippen LogP contribution in [0.4, 0.5) is 13.2 Å². The number of aliphatic hydroxyl groups is 1. The molecule has 10 rings (SSSR count). The molecule has 4 aliphatic heterocycles.